The maximum Gasteiger partial charge on any atom is 0.252 e. The van der Waals surface area contributed by atoms with Crippen LogP contribution in [0.2, 0.25) is 0 Å². The van der Waals surface area contributed by atoms with Crippen molar-refractivity contribution in [3.63, 3.8) is 0 Å². The normalized spacial score (nSPS) is 17.4. The number of anilines is 1. The van der Waals surface area contributed by atoms with Crippen molar-refractivity contribution in [2.75, 3.05) is 25.4 Å². The minimum atomic E-state index is -0.0785. The molecule has 0 saturated carbocycles. The first-order chi connectivity index (χ1) is 9.09. The summed E-state index contributed by atoms with van der Waals surface area (Å²) in [6, 6.07) is 5.72. The molecule has 1 fully saturated rings. The lowest BCUT2D eigenvalue weighted by molar-refractivity contribution is 0.0939. The van der Waals surface area contributed by atoms with Crippen LogP contribution in [0.5, 0.6) is 0 Å². The Morgan fingerprint density at radius 1 is 1.47 bits per heavy atom. The van der Waals surface area contributed by atoms with Gasteiger partial charge < -0.3 is 11.1 Å². The molecule has 1 saturated heterocycles. The summed E-state index contributed by atoms with van der Waals surface area (Å²) in [5.41, 5.74) is 6.95. The largest absolute Gasteiger partial charge is 0.398 e. The van der Waals surface area contributed by atoms with Crippen LogP contribution in [0.15, 0.2) is 22.7 Å². The van der Waals surface area contributed by atoms with Crippen molar-refractivity contribution < 1.29 is 4.79 Å². The van der Waals surface area contributed by atoms with Crippen molar-refractivity contribution in [3.8, 4) is 0 Å². The topological polar surface area (TPSA) is 58.4 Å². The van der Waals surface area contributed by atoms with Gasteiger partial charge in [-0.15, -0.1) is 0 Å². The number of carbonyl (C=O) groups excluding carboxylic acids is 1. The third-order valence-electron chi connectivity index (χ3n) is 3.60. The molecule has 4 nitrogen and oxygen atoms in total. The fraction of sp³-hybridized carbons (Fsp3) is 0.500. The number of halogens is 1. The Bertz CT molecular complexity index is 458. The molecule has 1 amide bonds. The molecule has 1 aromatic carbocycles. The average Bonchev–Trinajstić information content (AvgIpc) is 2.93. The number of nitrogen functional groups attached to an aromatic ring is 1. The van der Waals surface area contributed by atoms with E-state index in [-0.39, 0.29) is 5.91 Å². The van der Waals surface area contributed by atoms with E-state index < -0.39 is 0 Å². The molecule has 1 atom stereocenters. The van der Waals surface area contributed by atoms with Crippen LogP contribution >= 0.6 is 15.9 Å². The van der Waals surface area contributed by atoms with Gasteiger partial charge in [-0.05, 0) is 60.9 Å². The molecular formula is C14H20BrN3O. The standard InChI is InChI=1S/C14H20BrN3O/c1-10(18-7-2-3-8-18)9-17-14(19)11-5-4-6-12(16)13(11)15/h4-6,10H,2-3,7-9,16H2,1H3,(H,17,19). The monoisotopic (exact) mass is 325 g/mol. The van der Waals surface area contributed by atoms with Crippen LogP contribution in [-0.4, -0.2) is 36.5 Å². The molecule has 1 aromatic rings. The second-order valence-corrected chi connectivity index (χ2v) is 5.80. The molecule has 0 aliphatic carbocycles. The van der Waals surface area contributed by atoms with Crippen LogP contribution in [0.1, 0.15) is 30.1 Å². The predicted molar refractivity (Wildman–Crippen MR) is 81.2 cm³/mol. The van der Waals surface area contributed by atoms with E-state index in [0.717, 1.165) is 13.1 Å². The Morgan fingerprint density at radius 2 is 2.16 bits per heavy atom. The van der Waals surface area contributed by atoms with E-state index in [1.807, 2.05) is 0 Å². The van der Waals surface area contributed by atoms with Gasteiger partial charge in [-0.25, -0.2) is 0 Å². The lowest BCUT2D eigenvalue weighted by atomic mass is 10.2. The minimum Gasteiger partial charge on any atom is -0.398 e. The molecular weight excluding hydrogens is 306 g/mol. The third-order valence-corrected chi connectivity index (χ3v) is 4.48. The van der Waals surface area contributed by atoms with Crippen LogP contribution < -0.4 is 11.1 Å². The Labute approximate surface area is 122 Å². The van der Waals surface area contributed by atoms with E-state index in [0.29, 0.717) is 28.3 Å². The van der Waals surface area contributed by atoms with Crippen LogP contribution in [0, 0.1) is 0 Å². The molecule has 3 N–H and O–H groups in total. The quantitative estimate of drug-likeness (QED) is 0.835. The molecule has 1 aliphatic rings. The van der Waals surface area contributed by atoms with E-state index in [1.54, 1.807) is 18.2 Å². The van der Waals surface area contributed by atoms with E-state index in [4.69, 9.17) is 5.73 Å². The van der Waals surface area contributed by atoms with Gasteiger partial charge in [-0.2, -0.15) is 0 Å². The molecule has 1 heterocycles. The zero-order chi connectivity index (χ0) is 13.8. The summed E-state index contributed by atoms with van der Waals surface area (Å²) in [7, 11) is 0. The lowest BCUT2D eigenvalue weighted by Crippen LogP contribution is -2.40. The van der Waals surface area contributed by atoms with Crippen molar-refractivity contribution in [1.82, 2.24) is 10.2 Å². The highest BCUT2D eigenvalue weighted by Crippen LogP contribution is 2.23. The zero-order valence-electron chi connectivity index (χ0n) is 11.2. The maximum atomic E-state index is 12.1. The summed E-state index contributed by atoms with van der Waals surface area (Å²) in [4.78, 5) is 14.5. The van der Waals surface area contributed by atoms with Gasteiger partial charge in [-0.1, -0.05) is 6.07 Å². The van der Waals surface area contributed by atoms with Crippen molar-refractivity contribution in [2.24, 2.45) is 0 Å². The van der Waals surface area contributed by atoms with E-state index in [2.05, 4.69) is 33.1 Å². The van der Waals surface area contributed by atoms with E-state index >= 15 is 0 Å². The molecule has 5 heteroatoms. The van der Waals surface area contributed by atoms with Crippen LogP contribution in [0.3, 0.4) is 0 Å². The number of nitrogens with zero attached hydrogens (tertiary/aromatic N) is 1. The number of nitrogens with two attached hydrogens (primary N) is 1. The SMILES string of the molecule is CC(CNC(=O)c1cccc(N)c1Br)N1CCCC1. The summed E-state index contributed by atoms with van der Waals surface area (Å²) in [6.07, 6.45) is 2.53. The Balaban J connectivity index is 1.92. The number of nitrogens with one attached hydrogen (secondary N) is 1. The summed E-state index contributed by atoms with van der Waals surface area (Å²) >= 11 is 3.36. The number of benzene rings is 1. The first-order valence-electron chi connectivity index (χ1n) is 6.66. The van der Waals surface area contributed by atoms with Gasteiger partial charge in [0.2, 0.25) is 0 Å². The lowest BCUT2D eigenvalue weighted by Gasteiger charge is -2.24. The van der Waals surface area contributed by atoms with Crippen molar-refractivity contribution in [3.05, 3.63) is 28.2 Å². The van der Waals surface area contributed by atoms with Crippen molar-refractivity contribution in [2.45, 2.75) is 25.8 Å². The zero-order valence-corrected chi connectivity index (χ0v) is 12.7. The van der Waals surface area contributed by atoms with E-state index in [1.165, 1.54) is 12.8 Å². The average molecular weight is 326 g/mol. The van der Waals surface area contributed by atoms with Gasteiger partial charge in [0.25, 0.3) is 5.91 Å². The highest BCUT2D eigenvalue weighted by Gasteiger charge is 2.19. The number of carbonyl (C=O) groups is 1. The second-order valence-electron chi connectivity index (χ2n) is 5.01. The summed E-state index contributed by atoms with van der Waals surface area (Å²) < 4.78 is 0.668. The van der Waals surface area contributed by atoms with Crippen molar-refractivity contribution >= 4 is 27.5 Å². The molecule has 0 radical (unpaired) electrons. The number of rotatable bonds is 4. The Morgan fingerprint density at radius 3 is 2.84 bits per heavy atom. The summed E-state index contributed by atoms with van der Waals surface area (Å²) in [5, 5.41) is 2.98. The molecule has 1 unspecified atom stereocenters. The first-order valence-corrected chi connectivity index (χ1v) is 7.45. The number of hydrogen-bond donors (Lipinski definition) is 2. The predicted octanol–water partition coefficient (Wildman–Crippen LogP) is 2.25. The minimum absolute atomic E-state index is 0.0785. The fourth-order valence-electron chi connectivity index (χ4n) is 2.37. The fourth-order valence-corrected chi connectivity index (χ4v) is 2.82. The van der Waals surface area contributed by atoms with Gasteiger partial charge >= 0.3 is 0 Å². The highest BCUT2D eigenvalue weighted by atomic mass is 79.9. The van der Waals surface area contributed by atoms with Gasteiger partial charge in [0.15, 0.2) is 0 Å². The van der Waals surface area contributed by atoms with Gasteiger partial charge in [0.05, 0.1) is 10.0 Å². The van der Waals surface area contributed by atoms with Gasteiger partial charge in [0.1, 0.15) is 0 Å². The highest BCUT2D eigenvalue weighted by molar-refractivity contribution is 9.10. The number of amides is 1. The van der Waals surface area contributed by atoms with Gasteiger partial charge in [0, 0.05) is 18.3 Å². The molecule has 19 heavy (non-hydrogen) atoms. The molecule has 0 bridgehead atoms. The number of hydrogen-bond acceptors (Lipinski definition) is 3. The second kappa shape index (κ2) is 6.39. The molecule has 1 aliphatic heterocycles. The van der Waals surface area contributed by atoms with Crippen LogP contribution in [0.25, 0.3) is 0 Å². The number of likely N-dealkylation sites (tertiary alicyclic amines) is 1. The van der Waals surface area contributed by atoms with E-state index in [9.17, 15) is 4.79 Å². The molecule has 0 aromatic heterocycles. The Hall–Kier alpha value is -1.07. The van der Waals surface area contributed by atoms with Crippen molar-refractivity contribution in [1.29, 1.82) is 0 Å². The summed E-state index contributed by atoms with van der Waals surface area (Å²) in [6.45, 7) is 5.10. The first kappa shape index (κ1) is 14.3. The maximum absolute atomic E-state index is 12.1. The third kappa shape index (κ3) is 3.48. The smallest absolute Gasteiger partial charge is 0.252 e. The molecule has 2 rings (SSSR count). The molecule has 0 spiro atoms. The molecule has 104 valence electrons. The summed E-state index contributed by atoms with van der Waals surface area (Å²) in [5.74, 6) is -0.0785. The Kier molecular flexibility index (Phi) is 4.82. The van der Waals surface area contributed by atoms with Crippen LogP contribution in [0.4, 0.5) is 5.69 Å². The van der Waals surface area contributed by atoms with Crippen LogP contribution in [-0.2, 0) is 0 Å². The van der Waals surface area contributed by atoms with Gasteiger partial charge in [-0.3, -0.25) is 9.69 Å².